The minimum absolute atomic E-state index is 0.265. The summed E-state index contributed by atoms with van der Waals surface area (Å²) in [5, 5.41) is 2.64. The molecule has 3 N–H and O–H groups in total. The molecule has 0 aromatic carbocycles. The molecule has 0 aromatic rings. The number of nitrogens with two attached hydrogens (primary N) is 1. The lowest BCUT2D eigenvalue weighted by Gasteiger charge is -2.25. The summed E-state index contributed by atoms with van der Waals surface area (Å²) in [6, 6.07) is -0.265. The summed E-state index contributed by atoms with van der Waals surface area (Å²) >= 11 is 0. The average Bonchev–Trinajstić information content (AvgIpc) is 2.16. The second-order valence-electron chi connectivity index (χ2n) is 4.49. The van der Waals surface area contributed by atoms with Crippen LogP contribution >= 0.6 is 0 Å². The van der Waals surface area contributed by atoms with E-state index in [0.717, 1.165) is 6.26 Å². The van der Waals surface area contributed by atoms with E-state index in [4.69, 9.17) is 10.5 Å². The standard InChI is InChI=1S/C10H22N2O4S/c1-10(2,17(4,14)15)9(13)12-8(5-6-11)7-16-3/h8H,5-7,11H2,1-4H3,(H,12,13). The van der Waals surface area contributed by atoms with Crippen LogP contribution in [-0.2, 0) is 19.4 Å². The van der Waals surface area contributed by atoms with Gasteiger partial charge in [0.15, 0.2) is 9.84 Å². The molecule has 0 bridgehead atoms. The highest BCUT2D eigenvalue weighted by Gasteiger charge is 2.39. The number of sulfone groups is 1. The Labute approximate surface area is 103 Å². The fourth-order valence-electron chi connectivity index (χ4n) is 1.13. The van der Waals surface area contributed by atoms with Crippen LogP contribution in [0.25, 0.3) is 0 Å². The molecule has 0 saturated heterocycles. The molecule has 17 heavy (non-hydrogen) atoms. The van der Waals surface area contributed by atoms with E-state index < -0.39 is 20.5 Å². The Morgan fingerprint density at radius 1 is 1.47 bits per heavy atom. The Bertz CT molecular complexity index is 345. The molecular formula is C10H22N2O4S. The Hall–Kier alpha value is -0.660. The molecule has 0 aromatic heterocycles. The van der Waals surface area contributed by atoms with Crippen molar-refractivity contribution in [2.45, 2.75) is 31.1 Å². The molecule has 0 heterocycles. The second kappa shape index (κ2) is 6.32. The summed E-state index contributed by atoms with van der Waals surface area (Å²) in [4.78, 5) is 11.9. The molecule has 0 saturated carbocycles. The predicted octanol–water partition coefficient (Wildman–Crippen LogP) is -0.710. The van der Waals surface area contributed by atoms with Crippen molar-refractivity contribution in [2.75, 3.05) is 26.5 Å². The number of amides is 1. The van der Waals surface area contributed by atoms with Gasteiger partial charge < -0.3 is 15.8 Å². The second-order valence-corrected chi connectivity index (χ2v) is 7.05. The number of hydrogen-bond acceptors (Lipinski definition) is 5. The van der Waals surface area contributed by atoms with Gasteiger partial charge in [-0.15, -0.1) is 0 Å². The summed E-state index contributed by atoms with van der Waals surface area (Å²) in [5.74, 6) is -0.532. The van der Waals surface area contributed by atoms with Crippen LogP contribution in [0.3, 0.4) is 0 Å². The monoisotopic (exact) mass is 266 g/mol. The average molecular weight is 266 g/mol. The van der Waals surface area contributed by atoms with Crippen molar-refractivity contribution in [1.29, 1.82) is 0 Å². The Morgan fingerprint density at radius 3 is 2.35 bits per heavy atom. The molecule has 0 aliphatic rings. The van der Waals surface area contributed by atoms with Gasteiger partial charge in [0.25, 0.3) is 0 Å². The van der Waals surface area contributed by atoms with Crippen LogP contribution in [0.4, 0.5) is 0 Å². The zero-order valence-electron chi connectivity index (χ0n) is 10.8. The minimum atomic E-state index is -3.46. The first-order valence-electron chi connectivity index (χ1n) is 5.36. The number of methoxy groups -OCH3 is 1. The fraction of sp³-hybridized carbons (Fsp3) is 0.900. The highest BCUT2D eigenvalue weighted by Crippen LogP contribution is 2.15. The van der Waals surface area contributed by atoms with Gasteiger partial charge in [-0.05, 0) is 26.8 Å². The van der Waals surface area contributed by atoms with Crippen molar-refractivity contribution in [1.82, 2.24) is 5.32 Å². The summed E-state index contributed by atoms with van der Waals surface area (Å²) in [5.41, 5.74) is 5.41. The number of carbonyl (C=O) groups excluding carboxylic acids is 1. The molecule has 0 rings (SSSR count). The summed E-state index contributed by atoms with van der Waals surface area (Å²) < 4.78 is 26.4. The first-order valence-corrected chi connectivity index (χ1v) is 7.25. The van der Waals surface area contributed by atoms with Crippen LogP contribution in [-0.4, -0.2) is 51.6 Å². The fourth-order valence-corrected chi connectivity index (χ4v) is 1.52. The quantitative estimate of drug-likeness (QED) is 0.634. The number of rotatable bonds is 7. The van der Waals surface area contributed by atoms with E-state index >= 15 is 0 Å². The molecule has 0 spiro atoms. The molecule has 6 nitrogen and oxygen atoms in total. The van der Waals surface area contributed by atoms with E-state index in [9.17, 15) is 13.2 Å². The van der Waals surface area contributed by atoms with Crippen LogP contribution in [0.5, 0.6) is 0 Å². The molecule has 102 valence electrons. The lowest BCUT2D eigenvalue weighted by atomic mass is 10.1. The first-order chi connectivity index (χ1) is 7.66. The molecule has 0 aliphatic carbocycles. The molecule has 1 atom stereocenters. The Morgan fingerprint density at radius 2 is 2.00 bits per heavy atom. The normalized spacial score (nSPS) is 14.4. The smallest absolute Gasteiger partial charge is 0.241 e. The number of carbonyl (C=O) groups is 1. The van der Waals surface area contributed by atoms with Crippen LogP contribution in [0.15, 0.2) is 0 Å². The number of hydrogen-bond donors (Lipinski definition) is 2. The summed E-state index contributed by atoms with van der Waals surface area (Å²) in [6.07, 6.45) is 1.58. The SMILES string of the molecule is COCC(CCN)NC(=O)C(C)(C)S(C)(=O)=O. The van der Waals surface area contributed by atoms with Crippen LogP contribution in [0, 0.1) is 0 Å². The third kappa shape index (κ3) is 4.61. The highest BCUT2D eigenvalue weighted by atomic mass is 32.2. The largest absolute Gasteiger partial charge is 0.383 e. The highest BCUT2D eigenvalue weighted by molar-refractivity contribution is 7.92. The molecule has 0 fully saturated rings. The zero-order valence-corrected chi connectivity index (χ0v) is 11.6. The number of nitrogens with one attached hydrogen (secondary N) is 1. The van der Waals surface area contributed by atoms with Gasteiger partial charge in [0.2, 0.25) is 5.91 Å². The van der Waals surface area contributed by atoms with Crippen LogP contribution < -0.4 is 11.1 Å². The third-order valence-electron chi connectivity index (χ3n) is 2.69. The van der Waals surface area contributed by atoms with Crippen molar-refractivity contribution in [2.24, 2.45) is 5.73 Å². The van der Waals surface area contributed by atoms with Crippen LogP contribution in [0.1, 0.15) is 20.3 Å². The van der Waals surface area contributed by atoms with Crippen molar-refractivity contribution in [3.63, 3.8) is 0 Å². The third-order valence-corrected chi connectivity index (χ3v) is 4.73. The zero-order chi connectivity index (χ0) is 13.7. The lowest BCUT2D eigenvalue weighted by Crippen LogP contribution is -2.52. The first kappa shape index (κ1) is 16.3. The van der Waals surface area contributed by atoms with E-state index in [1.807, 2.05) is 0 Å². The van der Waals surface area contributed by atoms with Crippen molar-refractivity contribution >= 4 is 15.7 Å². The molecule has 7 heteroatoms. The van der Waals surface area contributed by atoms with E-state index in [0.29, 0.717) is 19.6 Å². The molecular weight excluding hydrogens is 244 g/mol. The van der Waals surface area contributed by atoms with E-state index in [-0.39, 0.29) is 6.04 Å². The Kier molecular flexibility index (Phi) is 6.08. The van der Waals surface area contributed by atoms with Gasteiger partial charge in [-0.1, -0.05) is 0 Å². The van der Waals surface area contributed by atoms with Gasteiger partial charge in [-0.25, -0.2) is 8.42 Å². The molecule has 0 radical (unpaired) electrons. The van der Waals surface area contributed by atoms with E-state index in [2.05, 4.69) is 5.32 Å². The summed E-state index contributed by atoms with van der Waals surface area (Å²) in [7, 11) is -1.95. The van der Waals surface area contributed by atoms with Gasteiger partial charge >= 0.3 is 0 Å². The van der Waals surface area contributed by atoms with Crippen LogP contribution in [0.2, 0.25) is 0 Å². The minimum Gasteiger partial charge on any atom is -0.383 e. The van der Waals surface area contributed by atoms with Crippen molar-refractivity contribution in [3.05, 3.63) is 0 Å². The predicted molar refractivity (Wildman–Crippen MR) is 66.4 cm³/mol. The molecule has 1 unspecified atom stereocenters. The topological polar surface area (TPSA) is 98.5 Å². The number of ether oxygens (including phenoxy) is 1. The van der Waals surface area contributed by atoms with Crippen molar-refractivity contribution in [3.8, 4) is 0 Å². The lowest BCUT2D eigenvalue weighted by molar-refractivity contribution is -0.124. The maximum Gasteiger partial charge on any atom is 0.241 e. The Balaban J connectivity index is 4.71. The molecule has 1 amide bonds. The van der Waals surface area contributed by atoms with Gasteiger partial charge in [0.1, 0.15) is 4.75 Å². The summed E-state index contributed by atoms with van der Waals surface area (Å²) in [6.45, 7) is 3.46. The molecule has 0 aliphatic heterocycles. The maximum atomic E-state index is 11.9. The van der Waals surface area contributed by atoms with Gasteiger partial charge in [0, 0.05) is 13.4 Å². The van der Waals surface area contributed by atoms with Gasteiger partial charge in [-0.3, -0.25) is 4.79 Å². The van der Waals surface area contributed by atoms with E-state index in [1.54, 1.807) is 0 Å². The van der Waals surface area contributed by atoms with Gasteiger partial charge in [-0.2, -0.15) is 0 Å². The van der Waals surface area contributed by atoms with Gasteiger partial charge in [0.05, 0.1) is 12.6 Å². The maximum absolute atomic E-state index is 11.9. The van der Waals surface area contributed by atoms with E-state index in [1.165, 1.54) is 21.0 Å². The van der Waals surface area contributed by atoms with Crippen molar-refractivity contribution < 1.29 is 17.9 Å².